The molecule has 126 valence electrons. The summed E-state index contributed by atoms with van der Waals surface area (Å²) in [6.45, 7) is 6.28. The molecule has 0 saturated carbocycles. The van der Waals surface area contributed by atoms with Crippen LogP contribution in [0.25, 0.3) is 0 Å². The minimum Gasteiger partial charge on any atom is -0.334 e. The number of benzene rings is 1. The minimum absolute atomic E-state index is 0.152. The lowest BCUT2D eigenvalue weighted by Crippen LogP contribution is -2.50. The molecule has 1 aromatic rings. The topological polar surface area (TPSA) is 43.9 Å². The van der Waals surface area contributed by atoms with Crippen molar-refractivity contribution in [1.82, 2.24) is 9.80 Å². The summed E-state index contributed by atoms with van der Waals surface area (Å²) in [5, 5.41) is 0. The van der Waals surface area contributed by atoms with Crippen LogP contribution in [0.3, 0.4) is 0 Å². The average molecular weight is 317 g/mol. The summed E-state index contributed by atoms with van der Waals surface area (Å²) in [4.78, 5) is 30.7. The Labute approximate surface area is 138 Å². The number of nitrogens with zero attached hydrogens (tertiary/aromatic N) is 3. The van der Waals surface area contributed by atoms with E-state index in [4.69, 9.17) is 0 Å². The van der Waals surface area contributed by atoms with Gasteiger partial charge in [0.15, 0.2) is 0 Å². The molecule has 0 aromatic heterocycles. The fraction of sp³-hybridized carbons (Fsp3) is 0.556. The molecule has 2 rings (SSSR count). The molecule has 1 aromatic carbocycles. The molecule has 0 unspecified atom stereocenters. The number of piperidine rings is 1. The number of hydrogen-bond acceptors (Lipinski definition) is 3. The van der Waals surface area contributed by atoms with Crippen LogP contribution in [0.4, 0.5) is 5.69 Å². The van der Waals surface area contributed by atoms with Gasteiger partial charge < -0.3 is 14.7 Å². The molecular formula is C18H27N3O2. The van der Waals surface area contributed by atoms with Gasteiger partial charge in [0.25, 0.3) is 0 Å². The van der Waals surface area contributed by atoms with Crippen molar-refractivity contribution in [1.29, 1.82) is 0 Å². The predicted molar refractivity (Wildman–Crippen MR) is 92.5 cm³/mol. The monoisotopic (exact) mass is 317 g/mol. The van der Waals surface area contributed by atoms with E-state index in [2.05, 4.69) is 11.9 Å². The van der Waals surface area contributed by atoms with Crippen LogP contribution in [0.15, 0.2) is 24.3 Å². The van der Waals surface area contributed by atoms with E-state index in [9.17, 15) is 9.59 Å². The number of likely N-dealkylation sites (tertiary alicyclic amines) is 1. The van der Waals surface area contributed by atoms with Gasteiger partial charge in [-0.1, -0.05) is 12.1 Å². The molecule has 0 bridgehead atoms. The second-order valence-corrected chi connectivity index (χ2v) is 6.34. The molecule has 0 spiro atoms. The highest BCUT2D eigenvalue weighted by atomic mass is 16.2. The molecule has 5 heteroatoms. The Balaban J connectivity index is 2.09. The summed E-state index contributed by atoms with van der Waals surface area (Å²) in [6, 6.07) is 7.85. The molecule has 0 radical (unpaired) electrons. The SMILES string of the molecule is CCN(C(=O)C(=O)N(C)C1CCN(C)CC1)c1cccc(C)c1. The highest BCUT2D eigenvalue weighted by molar-refractivity contribution is 6.40. The zero-order valence-electron chi connectivity index (χ0n) is 14.6. The number of anilines is 1. The number of likely N-dealkylation sites (N-methyl/N-ethyl adjacent to an activating group) is 2. The van der Waals surface area contributed by atoms with Crippen LogP contribution in [0.5, 0.6) is 0 Å². The predicted octanol–water partition coefficient (Wildman–Crippen LogP) is 1.90. The number of hydrogen-bond donors (Lipinski definition) is 0. The first kappa shape index (κ1) is 17.5. The van der Waals surface area contributed by atoms with Crippen LogP contribution in [-0.4, -0.2) is 61.4 Å². The third-order valence-electron chi connectivity index (χ3n) is 4.61. The summed E-state index contributed by atoms with van der Waals surface area (Å²) in [6.07, 6.45) is 1.84. The molecule has 0 N–H and O–H groups in total. The van der Waals surface area contributed by atoms with Crippen LogP contribution in [0.1, 0.15) is 25.3 Å². The summed E-state index contributed by atoms with van der Waals surface area (Å²) in [7, 11) is 3.83. The van der Waals surface area contributed by atoms with E-state index in [-0.39, 0.29) is 6.04 Å². The average Bonchev–Trinajstić information content (AvgIpc) is 2.55. The lowest BCUT2D eigenvalue weighted by atomic mass is 10.0. The Bertz CT molecular complexity index is 565. The quantitative estimate of drug-likeness (QED) is 0.800. The lowest BCUT2D eigenvalue weighted by Gasteiger charge is -2.35. The second kappa shape index (κ2) is 7.59. The van der Waals surface area contributed by atoms with Crippen molar-refractivity contribution in [2.75, 3.05) is 38.6 Å². The molecule has 23 heavy (non-hydrogen) atoms. The number of amides is 2. The van der Waals surface area contributed by atoms with E-state index in [1.165, 1.54) is 0 Å². The van der Waals surface area contributed by atoms with Crippen molar-refractivity contribution < 1.29 is 9.59 Å². The first-order chi connectivity index (χ1) is 10.9. The highest BCUT2D eigenvalue weighted by Gasteiger charge is 2.30. The van der Waals surface area contributed by atoms with E-state index < -0.39 is 11.8 Å². The van der Waals surface area contributed by atoms with Gasteiger partial charge in [-0.05, 0) is 64.5 Å². The van der Waals surface area contributed by atoms with Crippen LogP contribution in [0.2, 0.25) is 0 Å². The summed E-state index contributed by atoms with van der Waals surface area (Å²) < 4.78 is 0. The van der Waals surface area contributed by atoms with Crippen LogP contribution < -0.4 is 4.90 Å². The van der Waals surface area contributed by atoms with Crippen LogP contribution >= 0.6 is 0 Å². The smallest absolute Gasteiger partial charge is 0.316 e. The molecule has 5 nitrogen and oxygen atoms in total. The molecular weight excluding hydrogens is 290 g/mol. The summed E-state index contributed by atoms with van der Waals surface area (Å²) >= 11 is 0. The van der Waals surface area contributed by atoms with Crippen LogP contribution in [0, 0.1) is 6.92 Å². The van der Waals surface area contributed by atoms with Crippen molar-refractivity contribution in [3.63, 3.8) is 0 Å². The fourth-order valence-corrected chi connectivity index (χ4v) is 3.05. The number of aryl methyl sites for hydroxylation is 1. The third-order valence-corrected chi connectivity index (χ3v) is 4.61. The molecule has 0 atom stereocenters. The van der Waals surface area contributed by atoms with Crippen molar-refractivity contribution in [2.24, 2.45) is 0 Å². The molecule has 1 aliphatic heterocycles. The molecule has 1 saturated heterocycles. The van der Waals surface area contributed by atoms with Gasteiger partial charge in [-0.25, -0.2) is 0 Å². The van der Waals surface area contributed by atoms with Crippen molar-refractivity contribution in [2.45, 2.75) is 32.7 Å². The van der Waals surface area contributed by atoms with E-state index >= 15 is 0 Å². The first-order valence-corrected chi connectivity index (χ1v) is 8.28. The van der Waals surface area contributed by atoms with Gasteiger partial charge in [-0.2, -0.15) is 0 Å². The number of rotatable bonds is 3. The Hall–Kier alpha value is -1.88. The third kappa shape index (κ3) is 4.10. The van der Waals surface area contributed by atoms with Crippen molar-refractivity contribution >= 4 is 17.5 Å². The zero-order valence-corrected chi connectivity index (χ0v) is 14.6. The van der Waals surface area contributed by atoms with Gasteiger partial charge in [-0.3, -0.25) is 9.59 Å². The number of carbonyl (C=O) groups is 2. The maximum atomic E-state index is 12.7. The van der Waals surface area contributed by atoms with E-state index in [0.717, 1.165) is 37.2 Å². The number of carbonyl (C=O) groups excluding carboxylic acids is 2. The van der Waals surface area contributed by atoms with Gasteiger partial charge in [-0.15, -0.1) is 0 Å². The minimum atomic E-state index is -0.445. The van der Waals surface area contributed by atoms with Gasteiger partial charge in [0.2, 0.25) is 0 Å². The Morgan fingerprint density at radius 3 is 2.43 bits per heavy atom. The van der Waals surface area contributed by atoms with Gasteiger partial charge in [0, 0.05) is 25.3 Å². The fourth-order valence-electron chi connectivity index (χ4n) is 3.05. The zero-order chi connectivity index (χ0) is 17.0. The summed E-state index contributed by atoms with van der Waals surface area (Å²) in [5.41, 5.74) is 1.85. The molecule has 2 amide bonds. The standard InChI is InChI=1S/C18H27N3O2/c1-5-21(16-8-6-7-14(2)13-16)18(23)17(22)20(4)15-9-11-19(3)12-10-15/h6-8,13,15H,5,9-12H2,1-4H3. The second-order valence-electron chi connectivity index (χ2n) is 6.34. The van der Waals surface area contributed by atoms with Crippen molar-refractivity contribution in [3.05, 3.63) is 29.8 Å². The summed E-state index contributed by atoms with van der Waals surface area (Å²) in [5.74, 6) is -0.859. The highest BCUT2D eigenvalue weighted by Crippen LogP contribution is 2.18. The maximum absolute atomic E-state index is 12.7. The maximum Gasteiger partial charge on any atom is 0.316 e. The molecule has 1 aliphatic rings. The van der Waals surface area contributed by atoms with Gasteiger partial charge in [0.1, 0.15) is 0 Å². The van der Waals surface area contributed by atoms with E-state index in [0.29, 0.717) is 6.54 Å². The molecule has 1 fully saturated rings. The van der Waals surface area contributed by atoms with E-state index in [1.54, 1.807) is 16.8 Å². The van der Waals surface area contributed by atoms with Crippen LogP contribution in [-0.2, 0) is 9.59 Å². The van der Waals surface area contributed by atoms with Gasteiger partial charge in [0.05, 0.1) is 0 Å². The Morgan fingerprint density at radius 2 is 1.87 bits per heavy atom. The molecule has 1 heterocycles. The lowest BCUT2D eigenvalue weighted by molar-refractivity contribution is -0.145. The normalized spacial score (nSPS) is 16.2. The van der Waals surface area contributed by atoms with Gasteiger partial charge >= 0.3 is 11.8 Å². The van der Waals surface area contributed by atoms with Crippen molar-refractivity contribution in [3.8, 4) is 0 Å². The largest absolute Gasteiger partial charge is 0.334 e. The Morgan fingerprint density at radius 1 is 1.22 bits per heavy atom. The Kier molecular flexibility index (Phi) is 5.77. The van der Waals surface area contributed by atoms with E-state index in [1.807, 2.05) is 38.1 Å². The first-order valence-electron chi connectivity index (χ1n) is 8.28. The molecule has 0 aliphatic carbocycles.